The van der Waals surface area contributed by atoms with Crippen molar-refractivity contribution in [2.45, 2.75) is 39.3 Å². The first-order chi connectivity index (χ1) is 8.90. The van der Waals surface area contributed by atoms with Gasteiger partial charge in [-0.15, -0.1) is 0 Å². The third-order valence-electron chi connectivity index (χ3n) is 4.06. The highest BCUT2D eigenvalue weighted by molar-refractivity contribution is 5.57. The van der Waals surface area contributed by atoms with Crippen LogP contribution in [0.3, 0.4) is 0 Å². The number of nitrogens with zero attached hydrogens (tertiary/aromatic N) is 1. The van der Waals surface area contributed by atoms with E-state index in [1.807, 2.05) is 13.0 Å². The lowest BCUT2D eigenvalue weighted by Gasteiger charge is -2.37. The molecule has 106 valence electrons. The van der Waals surface area contributed by atoms with Crippen LogP contribution in [0.25, 0.3) is 0 Å². The third kappa shape index (κ3) is 2.90. The molecular weight excluding hydrogens is 243 g/mol. The van der Waals surface area contributed by atoms with Crippen LogP contribution >= 0.6 is 0 Å². The SMILES string of the molecule is Cc1cc(N2CCC(C)C(O)C2)c([C@@H](C)N)cc1F. The predicted molar refractivity (Wildman–Crippen MR) is 75.7 cm³/mol. The van der Waals surface area contributed by atoms with Gasteiger partial charge in [-0.2, -0.15) is 0 Å². The van der Waals surface area contributed by atoms with Gasteiger partial charge in [-0.1, -0.05) is 6.92 Å². The zero-order valence-electron chi connectivity index (χ0n) is 11.9. The maximum Gasteiger partial charge on any atom is 0.126 e. The Balaban J connectivity index is 2.35. The molecule has 1 aromatic carbocycles. The van der Waals surface area contributed by atoms with E-state index >= 15 is 0 Å². The molecule has 1 saturated heterocycles. The first kappa shape index (κ1) is 14.3. The number of anilines is 1. The molecule has 0 aromatic heterocycles. The number of aryl methyl sites for hydroxylation is 1. The summed E-state index contributed by atoms with van der Waals surface area (Å²) in [6.45, 7) is 7.14. The summed E-state index contributed by atoms with van der Waals surface area (Å²) in [6, 6.07) is 3.15. The van der Waals surface area contributed by atoms with Crippen molar-refractivity contribution in [1.29, 1.82) is 0 Å². The van der Waals surface area contributed by atoms with Crippen LogP contribution in [-0.2, 0) is 0 Å². The van der Waals surface area contributed by atoms with Gasteiger partial charge in [0, 0.05) is 24.8 Å². The molecule has 0 amide bonds. The maximum atomic E-state index is 13.7. The number of rotatable bonds is 2. The molecule has 3 N–H and O–H groups in total. The molecule has 1 aliphatic rings. The molecule has 2 rings (SSSR count). The van der Waals surface area contributed by atoms with E-state index in [0.717, 1.165) is 24.2 Å². The molecule has 0 radical (unpaired) electrons. The van der Waals surface area contributed by atoms with E-state index in [2.05, 4.69) is 11.8 Å². The van der Waals surface area contributed by atoms with Crippen LogP contribution < -0.4 is 10.6 Å². The highest BCUT2D eigenvalue weighted by atomic mass is 19.1. The fraction of sp³-hybridized carbons (Fsp3) is 0.600. The van der Waals surface area contributed by atoms with Gasteiger partial charge in [-0.25, -0.2) is 4.39 Å². The minimum Gasteiger partial charge on any atom is -0.391 e. The van der Waals surface area contributed by atoms with E-state index in [1.165, 1.54) is 6.07 Å². The molecule has 1 fully saturated rings. The van der Waals surface area contributed by atoms with Gasteiger partial charge in [0.2, 0.25) is 0 Å². The summed E-state index contributed by atoms with van der Waals surface area (Å²) in [4.78, 5) is 2.12. The topological polar surface area (TPSA) is 49.5 Å². The normalized spacial score (nSPS) is 25.5. The molecule has 2 unspecified atom stereocenters. The fourth-order valence-corrected chi connectivity index (χ4v) is 2.59. The van der Waals surface area contributed by atoms with E-state index < -0.39 is 0 Å². The molecule has 1 aliphatic heterocycles. The van der Waals surface area contributed by atoms with Crippen LogP contribution in [0.5, 0.6) is 0 Å². The van der Waals surface area contributed by atoms with E-state index in [9.17, 15) is 9.50 Å². The highest BCUT2D eigenvalue weighted by Gasteiger charge is 2.26. The zero-order chi connectivity index (χ0) is 14.2. The van der Waals surface area contributed by atoms with Gasteiger partial charge in [0.1, 0.15) is 5.82 Å². The number of aliphatic hydroxyl groups is 1. The number of hydrogen-bond donors (Lipinski definition) is 2. The molecule has 1 heterocycles. The number of aliphatic hydroxyl groups excluding tert-OH is 1. The van der Waals surface area contributed by atoms with Crippen molar-refractivity contribution < 1.29 is 9.50 Å². The van der Waals surface area contributed by atoms with Crippen LogP contribution in [0, 0.1) is 18.7 Å². The minimum absolute atomic E-state index is 0.220. The largest absolute Gasteiger partial charge is 0.391 e. The summed E-state index contributed by atoms with van der Waals surface area (Å²) in [5, 5.41) is 10.0. The second-order valence-corrected chi connectivity index (χ2v) is 5.73. The van der Waals surface area contributed by atoms with Crippen LogP contribution in [0.2, 0.25) is 0 Å². The highest BCUT2D eigenvalue weighted by Crippen LogP contribution is 2.31. The van der Waals surface area contributed by atoms with E-state index in [0.29, 0.717) is 18.0 Å². The molecule has 3 nitrogen and oxygen atoms in total. The summed E-state index contributed by atoms with van der Waals surface area (Å²) >= 11 is 0. The summed E-state index contributed by atoms with van der Waals surface area (Å²) in [5.41, 5.74) is 8.33. The van der Waals surface area contributed by atoms with Crippen molar-refractivity contribution in [3.8, 4) is 0 Å². The lowest BCUT2D eigenvalue weighted by molar-refractivity contribution is 0.103. The summed E-state index contributed by atoms with van der Waals surface area (Å²) in [6.07, 6.45) is 0.607. The number of halogens is 1. The van der Waals surface area contributed by atoms with Crippen molar-refractivity contribution in [2.24, 2.45) is 11.7 Å². The average Bonchev–Trinajstić information content (AvgIpc) is 2.35. The van der Waals surface area contributed by atoms with Gasteiger partial charge in [0.15, 0.2) is 0 Å². The Bertz CT molecular complexity index is 462. The summed E-state index contributed by atoms with van der Waals surface area (Å²) in [5.74, 6) is 0.0959. The number of nitrogens with two attached hydrogens (primary N) is 1. The first-order valence-corrected chi connectivity index (χ1v) is 6.88. The third-order valence-corrected chi connectivity index (χ3v) is 4.06. The van der Waals surface area contributed by atoms with E-state index in [1.54, 1.807) is 6.92 Å². The monoisotopic (exact) mass is 266 g/mol. The summed E-state index contributed by atoms with van der Waals surface area (Å²) in [7, 11) is 0. The second kappa shape index (κ2) is 5.47. The van der Waals surface area contributed by atoms with Gasteiger partial charge >= 0.3 is 0 Å². The Kier molecular flexibility index (Phi) is 4.11. The average molecular weight is 266 g/mol. The van der Waals surface area contributed by atoms with Gasteiger partial charge in [-0.05, 0) is 49.4 Å². The van der Waals surface area contributed by atoms with Crippen molar-refractivity contribution in [3.63, 3.8) is 0 Å². The zero-order valence-corrected chi connectivity index (χ0v) is 11.9. The molecule has 19 heavy (non-hydrogen) atoms. The van der Waals surface area contributed by atoms with Crippen LogP contribution in [0.15, 0.2) is 12.1 Å². The molecule has 0 spiro atoms. The Hall–Kier alpha value is -1.13. The van der Waals surface area contributed by atoms with Crippen molar-refractivity contribution in [2.75, 3.05) is 18.0 Å². The molecule has 0 bridgehead atoms. The Morgan fingerprint density at radius 1 is 1.47 bits per heavy atom. The van der Waals surface area contributed by atoms with Gasteiger partial charge in [0.25, 0.3) is 0 Å². The first-order valence-electron chi connectivity index (χ1n) is 6.88. The van der Waals surface area contributed by atoms with Crippen molar-refractivity contribution in [1.82, 2.24) is 0 Å². The number of benzene rings is 1. The summed E-state index contributed by atoms with van der Waals surface area (Å²) < 4.78 is 13.7. The Labute approximate surface area is 114 Å². The molecule has 0 aliphatic carbocycles. The quantitative estimate of drug-likeness (QED) is 0.864. The fourth-order valence-electron chi connectivity index (χ4n) is 2.59. The molecule has 0 saturated carbocycles. The number of piperidine rings is 1. The van der Waals surface area contributed by atoms with Crippen LogP contribution in [0.4, 0.5) is 10.1 Å². The predicted octanol–water partition coefficient (Wildman–Crippen LogP) is 2.36. The van der Waals surface area contributed by atoms with Gasteiger partial charge in [-0.3, -0.25) is 0 Å². The molecule has 3 atom stereocenters. The van der Waals surface area contributed by atoms with Crippen molar-refractivity contribution >= 4 is 5.69 Å². The second-order valence-electron chi connectivity index (χ2n) is 5.73. The van der Waals surface area contributed by atoms with E-state index in [4.69, 9.17) is 5.73 Å². The van der Waals surface area contributed by atoms with Crippen molar-refractivity contribution in [3.05, 3.63) is 29.1 Å². The maximum absolute atomic E-state index is 13.7. The van der Waals surface area contributed by atoms with Gasteiger partial charge < -0.3 is 15.7 Å². The smallest absolute Gasteiger partial charge is 0.126 e. The molecular formula is C15H23FN2O. The van der Waals surface area contributed by atoms with Crippen LogP contribution in [-0.4, -0.2) is 24.3 Å². The lowest BCUT2D eigenvalue weighted by Crippen LogP contribution is -2.43. The minimum atomic E-state index is -0.333. The molecule has 4 heteroatoms. The standard InChI is InChI=1S/C15H23FN2O/c1-9-4-5-18(8-15(9)19)14-6-10(2)13(16)7-12(14)11(3)17/h6-7,9,11,15,19H,4-5,8,17H2,1-3H3/t9?,11-,15?/m1/s1. The van der Waals surface area contributed by atoms with E-state index in [-0.39, 0.29) is 18.0 Å². The number of β-amino-alcohol motifs (C(OH)–C–C–N with tert-alkyl or cyclic N) is 1. The Morgan fingerprint density at radius 3 is 2.74 bits per heavy atom. The van der Waals surface area contributed by atoms with Gasteiger partial charge in [0.05, 0.1) is 6.10 Å². The van der Waals surface area contributed by atoms with Crippen LogP contribution in [0.1, 0.15) is 37.4 Å². The Morgan fingerprint density at radius 2 is 2.16 bits per heavy atom. The number of hydrogen-bond acceptors (Lipinski definition) is 3. The lowest BCUT2D eigenvalue weighted by atomic mass is 9.94. The molecule has 1 aromatic rings.